The Kier molecular flexibility index (Phi) is 4.90. The molecular formula is C12H20N4O2S. The maximum Gasteiger partial charge on any atom is 0.303 e. The molecule has 0 atom stereocenters. The molecule has 7 heteroatoms. The standard InChI is InChI=1S/C12H20N4O2S/c1-4-16(5-2)19(17,18)15(3)11-8-6-7-10(9-11)12(13)14/h6-9H,4-5H2,1-3H3,(H3,13,14). The van der Waals surface area contributed by atoms with E-state index in [1.54, 1.807) is 38.1 Å². The number of amidine groups is 1. The van der Waals surface area contributed by atoms with Gasteiger partial charge in [-0.2, -0.15) is 12.7 Å². The van der Waals surface area contributed by atoms with Crippen molar-refractivity contribution in [1.29, 1.82) is 5.41 Å². The first kappa shape index (κ1) is 15.5. The van der Waals surface area contributed by atoms with E-state index in [-0.39, 0.29) is 5.84 Å². The predicted molar refractivity (Wildman–Crippen MR) is 77.7 cm³/mol. The Morgan fingerprint density at radius 3 is 2.37 bits per heavy atom. The minimum atomic E-state index is -3.54. The molecule has 0 amide bonds. The van der Waals surface area contributed by atoms with Gasteiger partial charge in [0, 0.05) is 25.7 Å². The number of hydrogen-bond acceptors (Lipinski definition) is 3. The van der Waals surface area contributed by atoms with Gasteiger partial charge in [-0.3, -0.25) is 9.71 Å². The van der Waals surface area contributed by atoms with Gasteiger partial charge in [-0.25, -0.2) is 0 Å². The molecule has 0 aliphatic rings. The summed E-state index contributed by atoms with van der Waals surface area (Å²) in [6, 6.07) is 6.61. The Morgan fingerprint density at radius 1 is 1.32 bits per heavy atom. The molecule has 3 N–H and O–H groups in total. The van der Waals surface area contributed by atoms with Crippen LogP contribution in [0.1, 0.15) is 19.4 Å². The molecule has 0 aliphatic heterocycles. The lowest BCUT2D eigenvalue weighted by Gasteiger charge is -2.27. The molecule has 0 saturated heterocycles. The summed E-state index contributed by atoms with van der Waals surface area (Å²) in [6.45, 7) is 4.41. The topological polar surface area (TPSA) is 90.5 Å². The molecule has 0 aromatic heterocycles. The summed E-state index contributed by atoms with van der Waals surface area (Å²) in [4.78, 5) is 0. The van der Waals surface area contributed by atoms with E-state index in [0.717, 1.165) is 0 Å². The van der Waals surface area contributed by atoms with Crippen LogP contribution < -0.4 is 10.0 Å². The lowest BCUT2D eigenvalue weighted by Crippen LogP contribution is -2.41. The summed E-state index contributed by atoms with van der Waals surface area (Å²) in [7, 11) is -2.05. The summed E-state index contributed by atoms with van der Waals surface area (Å²) in [6.07, 6.45) is 0. The van der Waals surface area contributed by atoms with Crippen LogP contribution in [0.25, 0.3) is 0 Å². The Hall–Kier alpha value is -1.60. The molecule has 0 fully saturated rings. The molecule has 0 aliphatic carbocycles. The minimum absolute atomic E-state index is 0.0875. The highest BCUT2D eigenvalue weighted by atomic mass is 32.2. The lowest BCUT2D eigenvalue weighted by molar-refractivity contribution is 0.444. The first-order valence-corrected chi connectivity index (χ1v) is 7.42. The van der Waals surface area contributed by atoms with Gasteiger partial charge in [-0.15, -0.1) is 0 Å². The van der Waals surface area contributed by atoms with Crippen molar-refractivity contribution in [2.24, 2.45) is 5.73 Å². The number of nitrogens with two attached hydrogens (primary N) is 1. The highest BCUT2D eigenvalue weighted by Crippen LogP contribution is 2.19. The second-order valence-electron chi connectivity index (χ2n) is 4.02. The van der Waals surface area contributed by atoms with Crippen molar-refractivity contribution in [3.8, 4) is 0 Å². The first-order valence-electron chi connectivity index (χ1n) is 6.03. The minimum Gasteiger partial charge on any atom is -0.384 e. The fraction of sp³-hybridized carbons (Fsp3) is 0.417. The quantitative estimate of drug-likeness (QED) is 0.603. The Balaban J connectivity index is 3.16. The lowest BCUT2D eigenvalue weighted by atomic mass is 10.2. The van der Waals surface area contributed by atoms with Crippen LogP contribution in [0.5, 0.6) is 0 Å². The van der Waals surface area contributed by atoms with Crippen molar-refractivity contribution in [2.45, 2.75) is 13.8 Å². The van der Waals surface area contributed by atoms with Crippen molar-refractivity contribution in [2.75, 3.05) is 24.4 Å². The van der Waals surface area contributed by atoms with E-state index in [0.29, 0.717) is 24.3 Å². The van der Waals surface area contributed by atoms with E-state index in [9.17, 15) is 8.42 Å². The fourth-order valence-electron chi connectivity index (χ4n) is 1.73. The van der Waals surface area contributed by atoms with E-state index in [1.165, 1.54) is 15.7 Å². The molecule has 0 unspecified atom stereocenters. The zero-order valence-corrected chi connectivity index (χ0v) is 12.2. The number of benzene rings is 1. The van der Waals surface area contributed by atoms with Gasteiger partial charge in [-0.05, 0) is 12.1 Å². The van der Waals surface area contributed by atoms with E-state index < -0.39 is 10.2 Å². The molecule has 0 heterocycles. The highest BCUT2D eigenvalue weighted by Gasteiger charge is 2.24. The molecule has 106 valence electrons. The number of nitrogen functional groups attached to an aromatic ring is 1. The predicted octanol–water partition coefficient (Wildman–Crippen LogP) is 0.993. The van der Waals surface area contributed by atoms with Gasteiger partial charge in [0.25, 0.3) is 0 Å². The van der Waals surface area contributed by atoms with Gasteiger partial charge in [0.05, 0.1) is 5.69 Å². The third kappa shape index (κ3) is 3.24. The van der Waals surface area contributed by atoms with E-state index in [2.05, 4.69) is 0 Å². The van der Waals surface area contributed by atoms with E-state index >= 15 is 0 Å². The van der Waals surface area contributed by atoms with Crippen molar-refractivity contribution >= 4 is 21.7 Å². The van der Waals surface area contributed by atoms with Gasteiger partial charge >= 0.3 is 10.2 Å². The second-order valence-corrected chi connectivity index (χ2v) is 5.98. The summed E-state index contributed by atoms with van der Waals surface area (Å²) in [5, 5.41) is 7.39. The summed E-state index contributed by atoms with van der Waals surface area (Å²) < 4.78 is 27.3. The van der Waals surface area contributed by atoms with Crippen LogP contribution >= 0.6 is 0 Å². The molecular weight excluding hydrogens is 264 g/mol. The van der Waals surface area contributed by atoms with Gasteiger partial charge in [-0.1, -0.05) is 26.0 Å². The van der Waals surface area contributed by atoms with Crippen LogP contribution in [-0.2, 0) is 10.2 Å². The van der Waals surface area contributed by atoms with Gasteiger partial charge in [0.1, 0.15) is 5.84 Å². The van der Waals surface area contributed by atoms with Crippen LogP contribution in [0.2, 0.25) is 0 Å². The molecule has 6 nitrogen and oxygen atoms in total. The molecule has 0 radical (unpaired) electrons. The highest BCUT2D eigenvalue weighted by molar-refractivity contribution is 7.90. The van der Waals surface area contributed by atoms with Crippen molar-refractivity contribution < 1.29 is 8.42 Å². The molecule has 19 heavy (non-hydrogen) atoms. The molecule has 0 spiro atoms. The maximum absolute atomic E-state index is 12.3. The second kappa shape index (κ2) is 6.03. The number of rotatable bonds is 6. The molecule has 0 saturated carbocycles. The van der Waals surface area contributed by atoms with Crippen molar-refractivity contribution in [3.63, 3.8) is 0 Å². The molecule has 1 aromatic carbocycles. The normalized spacial score (nSPS) is 11.6. The van der Waals surface area contributed by atoms with Crippen molar-refractivity contribution in [3.05, 3.63) is 29.8 Å². The Morgan fingerprint density at radius 2 is 1.89 bits per heavy atom. The SMILES string of the molecule is CCN(CC)S(=O)(=O)N(C)c1cccc(C(=N)N)c1. The van der Waals surface area contributed by atoms with Gasteiger partial charge in [0.15, 0.2) is 0 Å². The van der Waals surface area contributed by atoms with E-state index in [1.807, 2.05) is 0 Å². The smallest absolute Gasteiger partial charge is 0.303 e. The van der Waals surface area contributed by atoms with Crippen LogP contribution in [0.15, 0.2) is 24.3 Å². The van der Waals surface area contributed by atoms with Crippen LogP contribution in [0.3, 0.4) is 0 Å². The summed E-state index contributed by atoms with van der Waals surface area (Å²) >= 11 is 0. The molecule has 1 aromatic rings. The number of nitrogens with one attached hydrogen (secondary N) is 1. The van der Waals surface area contributed by atoms with Crippen LogP contribution in [0.4, 0.5) is 5.69 Å². The van der Waals surface area contributed by atoms with Gasteiger partial charge in [0.2, 0.25) is 0 Å². The zero-order chi connectivity index (χ0) is 14.6. The monoisotopic (exact) mass is 284 g/mol. The Labute approximate surface area is 114 Å². The van der Waals surface area contributed by atoms with E-state index in [4.69, 9.17) is 11.1 Å². The molecule has 0 bridgehead atoms. The Bertz CT molecular complexity index is 553. The number of nitrogens with zero attached hydrogens (tertiary/aromatic N) is 2. The van der Waals surface area contributed by atoms with Crippen LogP contribution in [-0.4, -0.2) is 38.7 Å². The van der Waals surface area contributed by atoms with Crippen LogP contribution in [0, 0.1) is 5.41 Å². The van der Waals surface area contributed by atoms with Gasteiger partial charge < -0.3 is 5.73 Å². The number of anilines is 1. The first-order chi connectivity index (χ1) is 8.84. The third-order valence-corrected chi connectivity index (χ3v) is 4.97. The largest absolute Gasteiger partial charge is 0.384 e. The fourth-order valence-corrected chi connectivity index (χ4v) is 3.10. The third-order valence-electron chi connectivity index (χ3n) is 2.90. The average molecular weight is 284 g/mol. The maximum atomic E-state index is 12.3. The summed E-state index contributed by atoms with van der Waals surface area (Å²) in [5.41, 5.74) is 6.39. The van der Waals surface area contributed by atoms with Crippen molar-refractivity contribution in [1.82, 2.24) is 4.31 Å². The molecule has 1 rings (SSSR count). The number of hydrogen-bond donors (Lipinski definition) is 2. The average Bonchev–Trinajstić information content (AvgIpc) is 2.39. The zero-order valence-electron chi connectivity index (χ0n) is 11.4. The summed E-state index contributed by atoms with van der Waals surface area (Å²) in [5.74, 6) is -0.0875.